The lowest BCUT2D eigenvalue weighted by Crippen LogP contribution is -2.10. The Morgan fingerprint density at radius 1 is 1.35 bits per heavy atom. The lowest BCUT2D eigenvalue weighted by atomic mass is 10.3. The highest BCUT2D eigenvalue weighted by Gasteiger charge is 2.11. The van der Waals surface area contributed by atoms with Gasteiger partial charge in [-0.2, -0.15) is 5.10 Å². The van der Waals surface area contributed by atoms with E-state index in [0.29, 0.717) is 33.6 Å². The van der Waals surface area contributed by atoms with Crippen molar-refractivity contribution in [3.63, 3.8) is 0 Å². The molecule has 2 heterocycles. The molecule has 0 radical (unpaired) electrons. The van der Waals surface area contributed by atoms with Gasteiger partial charge < -0.3 is 10.3 Å². The van der Waals surface area contributed by atoms with E-state index in [1.807, 2.05) is 45.0 Å². The monoisotopic (exact) mass is 385 g/mol. The number of rotatable bonds is 3. The quantitative estimate of drug-likeness (QED) is 0.705. The van der Waals surface area contributed by atoms with Crippen LogP contribution in [0.2, 0.25) is 0 Å². The number of hydrogen-bond donors (Lipinski definition) is 1. The van der Waals surface area contributed by atoms with E-state index in [1.54, 1.807) is 12.3 Å². The third kappa shape index (κ3) is 2.37. The van der Waals surface area contributed by atoms with Gasteiger partial charge in [0.05, 0.1) is 27.3 Å². The number of hydrogen-bond acceptors (Lipinski definition) is 3. The summed E-state index contributed by atoms with van der Waals surface area (Å²) in [6.07, 6.45) is 3.76. The van der Waals surface area contributed by atoms with Gasteiger partial charge in [-0.15, -0.1) is 0 Å². The fourth-order valence-electron chi connectivity index (χ4n) is 2.17. The van der Waals surface area contributed by atoms with Crippen LogP contribution < -0.4 is 5.73 Å². The Labute approximate surface area is 128 Å². The highest BCUT2D eigenvalue weighted by Crippen LogP contribution is 2.22. The molecule has 2 aromatic heterocycles. The summed E-state index contributed by atoms with van der Waals surface area (Å²) in [5.74, 6) is 0.138. The van der Waals surface area contributed by atoms with Crippen LogP contribution in [0.5, 0.6) is 0 Å². The molecule has 0 spiro atoms. The van der Waals surface area contributed by atoms with Gasteiger partial charge in [-0.25, -0.2) is 9.37 Å². The summed E-state index contributed by atoms with van der Waals surface area (Å²) in [7, 11) is 0. The van der Waals surface area contributed by atoms with Crippen molar-refractivity contribution in [3.8, 4) is 0 Å². The number of fused-ring (bicyclic) bond motifs is 1. The fourth-order valence-corrected chi connectivity index (χ4v) is 2.62. The summed E-state index contributed by atoms with van der Waals surface area (Å²) in [4.78, 5) is 4.27. The molecular formula is C13H13FIN5. The molecule has 0 fully saturated rings. The number of imidazole rings is 1. The largest absolute Gasteiger partial charge is 0.369 e. The zero-order chi connectivity index (χ0) is 14.3. The number of anilines is 1. The number of nitrogens with zero attached hydrogens (tertiary/aromatic N) is 4. The van der Waals surface area contributed by atoms with E-state index in [2.05, 4.69) is 10.1 Å². The molecule has 0 saturated heterocycles. The van der Waals surface area contributed by atoms with Crippen LogP contribution in [0.3, 0.4) is 0 Å². The number of nitrogens with two attached hydrogens (primary N) is 1. The molecule has 7 heteroatoms. The SMILES string of the molecule is Cc1cnn(CCn2c(N)nc3cc(I)c(F)cc32)c1. The van der Waals surface area contributed by atoms with Crippen molar-refractivity contribution in [3.05, 3.63) is 39.5 Å². The average molecular weight is 385 g/mol. The molecule has 0 unspecified atom stereocenters. The molecule has 2 N–H and O–H groups in total. The van der Waals surface area contributed by atoms with Crippen LogP contribution in [0.15, 0.2) is 24.5 Å². The highest BCUT2D eigenvalue weighted by molar-refractivity contribution is 14.1. The summed E-state index contributed by atoms with van der Waals surface area (Å²) in [5, 5.41) is 4.22. The Hall–Kier alpha value is -1.64. The lowest BCUT2D eigenvalue weighted by Gasteiger charge is -2.07. The maximum atomic E-state index is 13.7. The number of nitrogen functional groups attached to an aromatic ring is 1. The van der Waals surface area contributed by atoms with E-state index in [4.69, 9.17) is 5.73 Å². The second kappa shape index (κ2) is 5.04. The van der Waals surface area contributed by atoms with Crippen LogP contribution in [0, 0.1) is 16.3 Å². The standard InChI is InChI=1S/C13H13FIN5/c1-8-6-17-19(7-8)2-3-20-12-4-9(14)10(15)5-11(12)18-13(20)16/h4-7H,2-3H2,1H3,(H2,16,18). The van der Waals surface area contributed by atoms with Crippen molar-refractivity contribution in [1.29, 1.82) is 0 Å². The van der Waals surface area contributed by atoms with Crippen LogP contribution in [0.1, 0.15) is 5.56 Å². The Morgan fingerprint density at radius 3 is 2.85 bits per heavy atom. The maximum absolute atomic E-state index is 13.7. The molecule has 0 aliphatic carbocycles. The van der Waals surface area contributed by atoms with Gasteiger partial charge in [0.1, 0.15) is 5.82 Å². The first-order valence-electron chi connectivity index (χ1n) is 6.14. The molecule has 0 amide bonds. The average Bonchev–Trinajstić information content (AvgIpc) is 2.92. The zero-order valence-electron chi connectivity index (χ0n) is 10.8. The molecular weight excluding hydrogens is 372 g/mol. The van der Waals surface area contributed by atoms with Gasteiger partial charge in [0.15, 0.2) is 0 Å². The van der Waals surface area contributed by atoms with Gasteiger partial charge in [-0.05, 0) is 41.1 Å². The van der Waals surface area contributed by atoms with Crippen molar-refractivity contribution >= 4 is 39.6 Å². The molecule has 0 atom stereocenters. The first-order valence-corrected chi connectivity index (χ1v) is 7.22. The first kappa shape index (κ1) is 13.3. The number of halogens is 2. The second-order valence-electron chi connectivity index (χ2n) is 4.66. The van der Waals surface area contributed by atoms with Crippen LogP contribution in [0.4, 0.5) is 10.3 Å². The van der Waals surface area contributed by atoms with Gasteiger partial charge in [0.25, 0.3) is 0 Å². The summed E-state index contributed by atoms with van der Waals surface area (Å²) in [5.41, 5.74) is 8.45. The van der Waals surface area contributed by atoms with Gasteiger partial charge in [0.2, 0.25) is 5.95 Å². The van der Waals surface area contributed by atoms with Crippen LogP contribution in [-0.4, -0.2) is 19.3 Å². The van der Waals surface area contributed by atoms with Crippen molar-refractivity contribution in [2.24, 2.45) is 0 Å². The third-order valence-corrected chi connectivity index (χ3v) is 3.96. The number of aromatic nitrogens is 4. The molecule has 3 aromatic rings. The topological polar surface area (TPSA) is 61.7 Å². The van der Waals surface area contributed by atoms with E-state index in [-0.39, 0.29) is 5.82 Å². The molecule has 0 aliphatic rings. The predicted octanol–water partition coefficient (Wildman–Crippen LogP) is 2.57. The van der Waals surface area contributed by atoms with Crippen molar-refractivity contribution in [1.82, 2.24) is 19.3 Å². The molecule has 104 valence electrons. The molecule has 1 aromatic carbocycles. The molecule has 3 rings (SSSR count). The van der Waals surface area contributed by atoms with Gasteiger partial charge >= 0.3 is 0 Å². The first-order chi connectivity index (χ1) is 9.54. The van der Waals surface area contributed by atoms with Gasteiger partial charge in [0, 0.05) is 18.8 Å². The maximum Gasteiger partial charge on any atom is 0.201 e. The van der Waals surface area contributed by atoms with Crippen molar-refractivity contribution < 1.29 is 4.39 Å². The minimum absolute atomic E-state index is 0.255. The second-order valence-corrected chi connectivity index (χ2v) is 5.82. The van der Waals surface area contributed by atoms with Crippen molar-refractivity contribution in [2.75, 3.05) is 5.73 Å². The lowest BCUT2D eigenvalue weighted by molar-refractivity contribution is 0.543. The van der Waals surface area contributed by atoms with E-state index in [0.717, 1.165) is 5.56 Å². The predicted molar refractivity (Wildman–Crippen MR) is 83.8 cm³/mol. The summed E-state index contributed by atoms with van der Waals surface area (Å²) < 4.78 is 17.9. The summed E-state index contributed by atoms with van der Waals surface area (Å²) >= 11 is 1.95. The normalized spacial score (nSPS) is 11.3. The zero-order valence-corrected chi connectivity index (χ0v) is 13.0. The minimum atomic E-state index is -0.255. The molecule has 0 aliphatic heterocycles. The Balaban J connectivity index is 1.94. The summed E-state index contributed by atoms with van der Waals surface area (Å²) in [6, 6.07) is 3.19. The smallest absolute Gasteiger partial charge is 0.201 e. The molecule has 0 bridgehead atoms. The Kier molecular flexibility index (Phi) is 3.36. The molecule has 5 nitrogen and oxygen atoms in total. The Morgan fingerprint density at radius 2 is 2.15 bits per heavy atom. The van der Waals surface area contributed by atoms with E-state index >= 15 is 0 Å². The number of aryl methyl sites for hydroxylation is 3. The fraction of sp³-hybridized carbons (Fsp3) is 0.231. The van der Waals surface area contributed by atoms with Crippen LogP contribution in [-0.2, 0) is 13.1 Å². The van der Waals surface area contributed by atoms with E-state index < -0.39 is 0 Å². The van der Waals surface area contributed by atoms with Gasteiger partial charge in [-0.3, -0.25) is 4.68 Å². The third-order valence-electron chi connectivity index (χ3n) is 3.13. The summed E-state index contributed by atoms with van der Waals surface area (Å²) in [6.45, 7) is 3.25. The van der Waals surface area contributed by atoms with Crippen LogP contribution >= 0.6 is 22.6 Å². The van der Waals surface area contributed by atoms with Gasteiger partial charge in [-0.1, -0.05) is 0 Å². The molecule has 0 saturated carbocycles. The Bertz CT molecular complexity index is 777. The van der Waals surface area contributed by atoms with Crippen molar-refractivity contribution in [2.45, 2.75) is 20.0 Å². The van der Waals surface area contributed by atoms with E-state index in [1.165, 1.54) is 6.07 Å². The minimum Gasteiger partial charge on any atom is -0.369 e. The van der Waals surface area contributed by atoms with Crippen LogP contribution in [0.25, 0.3) is 11.0 Å². The van der Waals surface area contributed by atoms with E-state index in [9.17, 15) is 4.39 Å². The molecule has 20 heavy (non-hydrogen) atoms. The number of benzene rings is 1. The highest BCUT2D eigenvalue weighted by atomic mass is 127.